The first-order valence-electron chi connectivity index (χ1n) is 4.12. The topological polar surface area (TPSA) is 85.4 Å². The van der Waals surface area contributed by atoms with Gasteiger partial charge in [0.2, 0.25) is 5.88 Å². The van der Waals surface area contributed by atoms with Gasteiger partial charge in [-0.2, -0.15) is 0 Å². The highest BCUT2D eigenvalue weighted by atomic mass is 19.4. The summed E-state index contributed by atoms with van der Waals surface area (Å²) in [6, 6.07) is 0. The van der Waals surface area contributed by atoms with Crippen LogP contribution in [-0.2, 0) is 6.54 Å². The molecule has 0 unspecified atom stereocenters. The van der Waals surface area contributed by atoms with Gasteiger partial charge in [0.1, 0.15) is 11.4 Å². The number of hydrogen-bond donors (Lipinski definition) is 2. The van der Waals surface area contributed by atoms with Gasteiger partial charge in [0.25, 0.3) is 0 Å². The van der Waals surface area contributed by atoms with Gasteiger partial charge in [-0.05, 0) is 0 Å². The first-order valence-corrected chi connectivity index (χ1v) is 4.12. The van der Waals surface area contributed by atoms with Crippen LogP contribution in [0.3, 0.4) is 0 Å². The third kappa shape index (κ3) is 3.03. The number of ether oxygens (including phenoxy) is 1. The van der Waals surface area contributed by atoms with Gasteiger partial charge < -0.3 is 15.6 Å². The van der Waals surface area contributed by atoms with Gasteiger partial charge in [0, 0.05) is 12.1 Å². The first-order chi connectivity index (χ1) is 7.76. The standard InChI is InChI=1S/C8H6F4N2O3/c9-4-2-14-6(17-8(10,11)12)5(7(15)16)3(4)1-13/h2H,1,13H2,(H,15,16). The Labute approximate surface area is 91.8 Å². The molecule has 0 saturated carbocycles. The van der Waals surface area contributed by atoms with E-state index in [1.54, 1.807) is 0 Å². The fourth-order valence-corrected chi connectivity index (χ4v) is 1.11. The summed E-state index contributed by atoms with van der Waals surface area (Å²) in [7, 11) is 0. The number of rotatable bonds is 3. The Morgan fingerprint density at radius 3 is 2.53 bits per heavy atom. The first kappa shape index (κ1) is 13.2. The zero-order chi connectivity index (χ0) is 13.2. The highest BCUT2D eigenvalue weighted by Gasteiger charge is 2.35. The Kier molecular flexibility index (Phi) is 3.51. The molecular formula is C8H6F4N2O3. The number of nitrogens with zero attached hydrogens (tertiary/aromatic N) is 1. The van der Waals surface area contributed by atoms with E-state index in [0.29, 0.717) is 6.20 Å². The lowest BCUT2D eigenvalue weighted by atomic mass is 10.1. The van der Waals surface area contributed by atoms with Crippen LogP contribution < -0.4 is 10.5 Å². The van der Waals surface area contributed by atoms with Gasteiger partial charge in [-0.15, -0.1) is 13.2 Å². The minimum atomic E-state index is -5.12. The van der Waals surface area contributed by atoms with Crippen LogP contribution in [0.2, 0.25) is 0 Å². The summed E-state index contributed by atoms with van der Waals surface area (Å²) >= 11 is 0. The second-order valence-electron chi connectivity index (χ2n) is 2.82. The fourth-order valence-electron chi connectivity index (χ4n) is 1.11. The number of pyridine rings is 1. The average molecular weight is 254 g/mol. The van der Waals surface area contributed by atoms with Crippen molar-refractivity contribution >= 4 is 5.97 Å². The van der Waals surface area contributed by atoms with Gasteiger partial charge in [-0.25, -0.2) is 14.2 Å². The van der Waals surface area contributed by atoms with E-state index in [-0.39, 0.29) is 0 Å². The van der Waals surface area contributed by atoms with E-state index in [2.05, 4.69) is 9.72 Å². The summed E-state index contributed by atoms with van der Waals surface area (Å²) < 4.78 is 52.3. The largest absolute Gasteiger partial charge is 0.574 e. The van der Waals surface area contributed by atoms with Crippen molar-refractivity contribution in [3.05, 3.63) is 23.1 Å². The molecule has 0 amide bonds. The van der Waals surface area contributed by atoms with E-state index in [0.717, 1.165) is 0 Å². The van der Waals surface area contributed by atoms with Gasteiger partial charge in [-0.1, -0.05) is 0 Å². The number of carboxylic acids is 1. The molecule has 94 valence electrons. The Morgan fingerprint density at radius 1 is 1.53 bits per heavy atom. The molecule has 0 aliphatic heterocycles. The average Bonchev–Trinajstić information content (AvgIpc) is 2.17. The molecule has 0 spiro atoms. The van der Waals surface area contributed by atoms with E-state index in [1.165, 1.54) is 0 Å². The second-order valence-corrected chi connectivity index (χ2v) is 2.82. The molecule has 17 heavy (non-hydrogen) atoms. The van der Waals surface area contributed by atoms with Crippen molar-refractivity contribution in [2.24, 2.45) is 5.73 Å². The van der Waals surface area contributed by atoms with Crippen molar-refractivity contribution in [1.29, 1.82) is 0 Å². The molecule has 0 bridgehead atoms. The van der Waals surface area contributed by atoms with E-state index < -0.39 is 41.7 Å². The normalized spacial score (nSPS) is 11.4. The number of hydrogen-bond acceptors (Lipinski definition) is 4. The lowest BCUT2D eigenvalue weighted by Crippen LogP contribution is -2.22. The maximum absolute atomic E-state index is 13.1. The molecule has 3 N–H and O–H groups in total. The number of aromatic carboxylic acids is 1. The zero-order valence-corrected chi connectivity index (χ0v) is 8.08. The molecule has 0 fully saturated rings. The molecule has 1 heterocycles. The van der Waals surface area contributed by atoms with E-state index in [1.807, 2.05) is 0 Å². The number of halogens is 4. The van der Waals surface area contributed by atoms with Crippen LogP contribution in [0.5, 0.6) is 5.88 Å². The third-order valence-electron chi connectivity index (χ3n) is 1.73. The zero-order valence-electron chi connectivity index (χ0n) is 8.08. The van der Waals surface area contributed by atoms with E-state index in [4.69, 9.17) is 10.8 Å². The third-order valence-corrected chi connectivity index (χ3v) is 1.73. The molecule has 0 radical (unpaired) electrons. The summed E-state index contributed by atoms with van der Waals surface area (Å²) in [5, 5.41) is 8.69. The van der Waals surface area contributed by atoms with Crippen LogP contribution >= 0.6 is 0 Å². The van der Waals surface area contributed by atoms with E-state index in [9.17, 15) is 22.4 Å². The number of aromatic nitrogens is 1. The molecule has 9 heteroatoms. The fraction of sp³-hybridized carbons (Fsp3) is 0.250. The highest BCUT2D eigenvalue weighted by molar-refractivity contribution is 5.92. The van der Waals surface area contributed by atoms with Crippen LogP contribution in [0.1, 0.15) is 15.9 Å². The van der Waals surface area contributed by atoms with Crippen molar-refractivity contribution in [2.45, 2.75) is 12.9 Å². The highest BCUT2D eigenvalue weighted by Crippen LogP contribution is 2.27. The van der Waals surface area contributed by atoms with Crippen LogP contribution in [-0.4, -0.2) is 22.4 Å². The lowest BCUT2D eigenvalue weighted by Gasteiger charge is -2.12. The summed E-state index contributed by atoms with van der Waals surface area (Å²) in [4.78, 5) is 13.7. The number of nitrogens with two attached hydrogens (primary N) is 1. The van der Waals surface area contributed by atoms with Crippen molar-refractivity contribution in [3.8, 4) is 5.88 Å². The smallest absolute Gasteiger partial charge is 0.477 e. The van der Waals surface area contributed by atoms with E-state index >= 15 is 0 Å². The summed E-state index contributed by atoms with van der Waals surface area (Å²) in [6.45, 7) is -0.593. The number of carbonyl (C=O) groups is 1. The Bertz CT molecular complexity index is 447. The Morgan fingerprint density at radius 2 is 2.12 bits per heavy atom. The molecule has 1 rings (SSSR count). The van der Waals surface area contributed by atoms with Crippen LogP contribution in [0.4, 0.5) is 17.6 Å². The minimum absolute atomic E-state index is 0.412. The molecule has 5 nitrogen and oxygen atoms in total. The minimum Gasteiger partial charge on any atom is -0.477 e. The number of carboxylic acid groups (broad SMARTS) is 1. The molecule has 0 atom stereocenters. The molecule has 0 aliphatic carbocycles. The summed E-state index contributed by atoms with van der Waals surface area (Å²) in [5.41, 5.74) is 3.41. The van der Waals surface area contributed by atoms with Crippen molar-refractivity contribution in [1.82, 2.24) is 4.98 Å². The van der Waals surface area contributed by atoms with Crippen molar-refractivity contribution in [3.63, 3.8) is 0 Å². The predicted octanol–water partition coefficient (Wildman–Crippen LogP) is 1.28. The van der Waals surface area contributed by atoms with Crippen LogP contribution in [0, 0.1) is 5.82 Å². The van der Waals surface area contributed by atoms with Gasteiger partial charge >= 0.3 is 12.3 Å². The van der Waals surface area contributed by atoms with Gasteiger partial charge in [-0.3, -0.25) is 0 Å². The quantitative estimate of drug-likeness (QED) is 0.793. The summed E-state index contributed by atoms with van der Waals surface area (Å²) in [6.07, 6.45) is -4.71. The molecular weight excluding hydrogens is 248 g/mol. The monoisotopic (exact) mass is 254 g/mol. The van der Waals surface area contributed by atoms with Crippen LogP contribution in [0.25, 0.3) is 0 Å². The van der Waals surface area contributed by atoms with Gasteiger partial charge in [0.05, 0.1) is 6.20 Å². The maximum atomic E-state index is 13.1. The summed E-state index contributed by atoms with van der Waals surface area (Å²) in [5.74, 6) is -4.16. The van der Waals surface area contributed by atoms with Gasteiger partial charge in [0.15, 0.2) is 0 Å². The molecule has 1 aromatic rings. The van der Waals surface area contributed by atoms with Crippen molar-refractivity contribution in [2.75, 3.05) is 0 Å². The lowest BCUT2D eigenvalue weighted by molar-refractivity contribution is -0.276. The SMILES string of the molecule is NCc1c(F)cnc(OC(F)(F)F)c1C(=O)O. The molecule has 0 aromatic carbocycles. The van der Waals surface area contributed by atoms with Crippen molar-refractivity contribution < 1.29 is 32.2 Å². The number of alkyl halides is 3. The second kappa shape index (κ2) is 4.53. The maximum Gasteiger partial charge on any atom is 0.574 e. The molecule has 1 aromatic heterocycles. The molecule has 0 aliphatic rings. The predicted molar refractivity (Wildman–Crippen MR) is 45.7 cm³/mol. The Balaban J connectivity index is 3.36. The Hall–Kier alpha value is -1.90. The van der Waals surface area contributed by atoms with Crippen LogP contribution in [0.15, 0.2) is 6.20 Å². The molecule has 0 saturated heterocycles.